The topological polar surface area (TPSA) is 57.5 Å². The van der Waals surface area contributed by atoms with Crippen LogP contribution in [0.2, 0.25) is 0 Å². The molecule has 2 aromatic carbocycles. The molecule has 0 aliphatic carbocycles. The van der Waals surface area contributed by atoms with Gasteiger partial charge in [-0.25, -0.2) is 0 Å². The molecule has 2 rings (SSSR count). The normalized spacial score (nSPS) is 9.92. The van der Waals surface area contributed by atoms with Crippen molar-refractivity contribution in [1.29, 1.82) is 0 Å². The molecule has 0 spiro atoms. The lowest BCUT2D eigenvalue weighted by Gasteiger charge is -1.97. The lowest BCUT2D eigenvalue weighted by atomic mass is 10.2. The van der Waals surface area contributed by atoms with Crippen LogP contribution in [0.15, 0.2) is 60.7 Å². The van der Waals surface area contributed by atoms with Gasteiger partial charge in [-0.3, -0.25) is 4.79 Å². The molecule has 0 heterocycles. The number of hydrogen-bond acceptors (Lipinski definition) is 2. The maximum atomic E-state index is 10.2. The molecule has 3 nitrogen and oxygen atoms in total. The van der Waals surface area contributed by atoms with E-state index in [0.29, 0.717) is 0 Å². The fraction of sp³-hybridized carbons (Fsp3) is 0.318. The highest BCUT2D eigenvalue weighted by Gasteiger charge is 1.96. The van der Waals surface area contributed by atoms with Crippen molar-refractivity contribution in [2.45, 2.75) is 46.1 Å². The lowest BCUT2D eigenvalue weighted by molar-refractivity contribution is -0.136. The van der Waals surface area contributed by atoms with Crippen LogP contribution in [-0.4, -0.2) is 22.3 Å². The molecule has 0 fully saturated rings. The van der Waals surface area contributed by atoms with Crippen molar-refractivity contribution >= 4 is 5.97 Å². The molecule has 1 unspecified atom stereocenters. The Labute approximate surface area is 151 Å². The summed E-state index contributed by atoms with van der Waals surface area (Å²) >= 11 is 0. The maximum absolute atomic E-state index is 10.2. The number of carbonyl (C=O) groups is 1. The molecule has 1 atom stereocenters. The third-order valence-corrected chi connectivity index (χ3v) is 2.92. The van der Waals surface area contributed by atoms with Crippen molar-refractivity contribution in [1.82, 2.24) is 0 Å². The van der Waals surface area contributed by atoms with Crippen LogP contribution in [0.3, 0.4) is 0 Å². The summed E-state index contributed by atoms with van der Waals surface area (Å²) in [5.41, 5.74) is 1.80. The van der Waals surface area contributed by atoms with Crippen LogP contribution in [0.1, 0.15) is 44.7 Å². The van der Waals surface area contributed by atoms with E-state index in [2.05, 4.69) is 11.8 Å². The van der Waals surface area contributed by atoms with Crippen LogP contribution in [-0.2, 0) is 11.2 Å². The van der Waals surface area contributed by atoms with Gasteiger partial charge < -0.3 is 10.2 Å². The number of carboxylic acids is 1. The first-order chi connectivity index (χ1) is 12.1. The van der Waals surface area contributed by atoms with Crippen LogP contribution in [0.4, 0.5) is 0 Å². The van der Waals surface area contributed by atoms with E-state index in [1.165, 1.54) is 0 Å². The fourth-order valence-electron chi connectivity index (χ4n) is 1.80. The van der Waals surface area contributed by atoms with E-state index in [0.717, 1.165) is 24.0 Å². The van der Waals surface area contributed by atoms with Gasteiger partial charge in [-0.15, -0.1) is 0 Å². The number of hydrogen-bond donors (Lipinski definition) is 2. The monoisotopic (exact) mass is 340 g/mol. The van der Waals surface area contributed by atoms with Gasteiger partial charge >= 0.3 is 5.97 Å². The Hall–Kier alpha value is -2.57. The number of carboxylic acid groups (broad SMARTS) is 1. The predicted molar refractivity (Wildman–Crippen MR) is 103 cm³/mol. The van der Waals surface area contributed by atoms with Crippen molar-refractivity contribution in [2.24, 2.45) is 0 Å². The smallest absolute Gasteiger partial charge is 0.307 e. The highest BCUT2D eigenvalue weighted by Crippen LogP contribution is 1.98. The van der Waals surface area contributed by atoms with E-state index in [-0.39, 0.29) is 6.42 Å². The minimum absolute atomic E-state index is 0.112. The zero-order chi connectivity index (χ0) is 18.9. The van der Waals surface area contributed by atoms with Crippen molar-refractivity contribution in [3.63, 3.8) is 0 Å². The minimum atomic E-state index is -0.786. The zero-order valence-electron chi connectivity index (χ0n) is 15.3. The molecule has 0 saturated carbocycles. The SMILES string of the molecule is CC.CCCC(O)C#Cc1ccccc1.O=C(O)Cc1ccccc1. The molecule has 2 N–H and O–H groups in total. The Kier molecular flexibility index (Phi) is 13.4. The van der Waals surface area contributed by atoms with Gasteiger partial charge in [-0.1, -0.05) is 87.6 Å². The second kappa shape index (κ2) is 15.0. The molecule has 0 bridgehead atoms. The van der Waals surface area contributed by atoms with Gasteiger partial charge in [0.15, 0.2) is 0 Å². The highest BCUT2D eigenvalue weighted by molar-refractivity contribution is 5.70. The summed E-state index contributed by atoms with van der Waals surface area (Å²) in [6.07, 6.45) is 1.34. The number of aliphatic hydroxyl groups excluding tert-OH is 1. The molecule has 0 radical (unpaired) electrons. The van der Waals surface area contributed by atoms with Gasteiger partial charge in [-0.2, -0.15) is 0 Å². The zero-order valence-corrected chi connectivity index (χ0v) is 15.3. The van der Waals surface area contributed by atoms with Crippen LogP contribution < -0.4 is 0 Å². The van der Waals surface area contributed by atoms with Crippen molar-refractivity contribution in [3.05, 3.63) is 71.8 Å². The van der Waals surface area contributed by atoms with Gasteiger partial charge in [0, 0.05) is 5.56 Å². The first-order valence-corrected chi connectivity index (χ1v) is 8.62. The van der Waals surface area contributed by atoms with E-state index >= 15 is 0 Å². The van der Waals surface area contributed by atoms with Crippen LogP contribution in [0.5, 0.6) is 0 Å². The van der Waals surface area contributed by atoms with Gasteiger partial charge in [0.2, 0.25) is 0 Å². The summed E-state index contributed by atoms with van der Waals surface area (Å²) in [5, 5.41) is 17.7. The summed E-state index contributed by atoms with van der Waals surface area (Å²) in [5.74, 6) is 4.95. The number of rotatable bonds is 4. The van der Waals surface area contributed by atoms with Gasteiger partial charge in [0.05, 0.1) is 6.42 Å². The Morgan fingerprint density at radius 3 is 2.00 bits per heavy atom. The van der Waals surface area contributed by atoms with E-state index < -0.39 is 12.1 Å². The second-order valence-corrected chi connectivity index (χ2v) is 5.00. The fourth-order valence-corrected chi connectivity index (χ4v) is 1.80. The molecule has 3 heteroatoms. The van der Waals surface area contributed by atoms with Crippen LogP contribution in [0, 0.1) is 11.8 Å². The second-order valence-electron chi connectivity index (χ2n) is 5.00. The summed E-state index contributed by atoms with van der Waals surface area (Å²) in [6.45, 7) is 6.04. The predicted octanol–water partition coefficient (Wildman–Crippen LogP) is 4.54. The molecule has 0 aliphatic heterocycles. The minimum Gasteiger partial charge on any atom is -0.481 e. The Morgan fingerprint density at radius 2 is 1.52 bits per heavy atom. The van der Waals surface area contributed by atoms with Gasteiger partial charge in [-0.05, 0) is 24.1 Å². The molecule has 2 aromatic rings. The molecule has 0 aromatic heterocycles. The molecule has 0 aliphatic rings. The van der Waals surface area contributed by atoms with Crippen molar-refractivity contribution < 1.29 is 15.0 Å². The first-order valence-electron chi connectivity index (χ1n) is 8.62. The summed E-state index contributed by atoms with van der Waals surface area (Å²) in [7, 11) is 0. The van der Waals surface area contributed by atoms with Crippen molar-refractivity contribution in [3.8, 4) is 11.8 Å². The number of aliphatic hydroxyl groups is 1. The van der Waals surface area contributed by atoms with Gasteiger partial charge in [0.1, 0.15) is 6.10 Å². The van der Waals surface area contributed by atoms with E-state index in [4.69, 9.17) is 5.11 Å². The van der Waals surface area contributed by atoms with Crippen LogP contribution >= 0.6 is 0 Å². The molecule has 134 valence electrons. The molecule has 0 amide bonds. The largest absolute Gasteiger partial charge is 0.481 e. The molecular formula is C22H28O3. The number of benzene rings is 2. The molecular weight excluding hydrogens is 312 g/mol. The third kappa shape index (κ3) is 12.5. The molecule has 25 heavy (non-hydrogen) atoms. The third-order valence-electron chi connectivity index (χ3n) is 2.92. The highest BCUT2D eigenvalue weighted by atomic mass is 16.4. The summed E-state index contributed by atoms with van der Waals surface area (Å²) in [6, 6.07) is 18.8. The summed E-state index contributed by atoms with van der Waals surface area (Å²) < 4.78 is 0. The quantitative estimate of drug-likeness (QED) is 0.804. The van der Waals surface area contributed by atoms with Gasteiger partial charge in [0.25, 0.3) is 0 Å². The Balaban J connectivity index is 0.000000430. The maximum Gasteiger partial charge on any atom is 0.307 e. The van der Waals surface area contributed by atoms with E-state index in [1.807, 2.05) is 69.3 Å². The average Bonchev–Trinajstić information content (AvgIpc) is 2.64. The van der Waals surface area contributed by atoms with Crippen molar-refractivity contribution in [2.75, 3.05) is 0 Å². The van der Waals surface area contributed by atoms with Crippen LogP contribution in [0.25, 0.3) is 0 Å². The first kappa shape index (κ1) is 22.4. The molecule has 0 saturated heterocycles. The summed E-state index contributed by atoms with van der Waals surface area (Å²) in [4.78, 5) is 10.2. The average molecular weight is 340 g/mol. The Bertz CT molecular complexity index is 625. The van der Waals surface area contributed by atoms with E-state index in [1.54, 1.807) is 12.1 Å². The van der Waals surface area contributed by atoms with E-state index in [9.17, 15) is 9.90 Å². The standard InChI is InChI=1S/C12H14O.C8H8O2.C2H6/c1-2-6-12(13)10-9-11-7-4-3-5-8-11;9-8(10)6-7-4-2-1-3-5-7;1-2/h3-5,7-8,12-13H,2,6H2,1H3;1-5H,6H2,(H,9,10);1-2H3. The Morgan fingerprint density at radius 1 is 1.00 bits per heavy atom. The lowest BCUT2D eigenvalue weighted by Crippen LogP contribution is -2.00. The number of aliphatic carboxylic acids is 1.